The zero-order chi connectivity index (χ0) is 17.4. The van der Waals surface area contributed by atoms with Gasteiger partial charge >= 0.3 is 0 Å². The zero-order valence-electron chi connectivity index (χ0n) is 14.3. The largest absolute Gasteiger partial charge is 0.492 e. The maximum absolute atomic E-state index is 6.21. The first-order chi connectivity index (χ1) is 12.2. The van der Waals surface area contributed by atoms with Gasteiger partial charge in [-0.1, -0.05) is 23.7 Å². The molecule has 1 atom stereocenters. The molecule has 130 valence electrons. The van der Waals surface area contributed by atoms with E-state index >= 15 is 0 Å². The highest BCUT2D eigenvalue weighted by molar-refractivity contribution is 6.31. The van der Waals surface area contributed by atoms with Crippen molar-refractivity contribution >= 4 is 22.5 Å². The van der Waals surface area contributed by atoms with Gasteiger partial charge in [0.1, 0.15) is 12.4 Å². The van der Waals surface area contributed by atoms with Gasteiger partial charge in [0, 0.05) is 34.7 Å². The lowest BCUT2D eigenvalue weighted by molar-refractivity contribution is 0.261. The first-order valence-corrected chi connectivity index (χ1v) is 8.98. The number of fused-ring (bicyclic) bond motifs is 3. The lowest BCUT2D eigenvalue weighted by atomic mass is 9.93. The normalized spacial score (nSPS) is 17.6. The Balaban J connectivity index is 1.74. The average molecular weight is 356 g/mol. The Hall–Kier alpha value is -2.01. The van der Waals surface area contributed by atoms with Crippen LogP contribution in [0.1, 0.15) is 22.9 Å². The van der Waals surface area contributed by atoms with Crippen LogP contribution in [0.15, 0.2) is 42.5 Å². The Morgan fingerprint density at radius 3 is 2.80 bits per heavy atom. The summed E-state index contributed by atoms with van der Waals surface area (Å²) in [5, 5.41) is 2.02. The van der Waals surface area contributed by atoms with Gasteiger partial charge in [-0.25, -0.2) is 0 Å². The van der Waals surface area contributed by atoms with Crippen molar-refractivity contribution in [2.24, 2.45) is 5.73 Å². The van der Waals surface area contributed by atoms with Gasteiger partial charge < -0.3 is 15.5 Å². The number of nitrogens with two attached hydrogens (primary N) is 1. The minimum Gasteiger partial charge on any atom is -0.492 e. The van der Waals surface area contributed by atoms with Crippen molar-refractivity contribution in [1.29, 1.82) is 0 Å². The fraction of sp³-hybridized carbons (Fsp3) is 0.300. The maximum atomic E-state index is 6.21. The second kappa shape index (κ2) is 6.71. The molecule has 4 rings (SSSR count). The lowest BCUT2D eigenvalue weighted by Crippen LogP contribution is -2.32. The van der Waals surface area contributed by atoms with Gasteiger partial charge in [0.15, 0.2) is 0 Å². The van der Waals surface area contributed by atoms with Crippen LogP contribution in [-0.4, -0.2) is 36.6 Å². The van der Waals surface area contributed by atoms with E-state index in [1.54, 1.807) is 0 Å². The molecule has 0 bridgehead atoms. The van der Waals surface area contributed by atoms with E-state index in [2.05, 4.69) is 41.2 Å². The molecule has 0 spiro atoms. The monoisotopic (exact) mass is 355 g/mol. The number of H-pyrrole nitrogens is 1. The van der Waals surface area contributed by atoms with Gasteiger partial charge in [0.2, 0.25) is 0 Å². The van der Waals surface area contributed by atoms with Crippen molar-refractivity contribution in [2.45, 2.75) is 12.5 Å². The summed E-state index contributed by atoms with van der Waals surface area (Å²) in [5.74, 6) is 0.858. The number of aromatic amines is 1. The van der Waals surface area contributed by atoms with E-state index in [0.29, 0.717) is 13.2 Å². The molecule has 1 aliphatic heterocycles. The molecule has 1 aliphatic rings. The molecule has 0 fully saturated rings. The Labute approximate surface area is 152 Å². The predicted molar refractivity (Wildman–Crippen MR) is 102 cm³/mol. The Morgan fingerprint density at radius 2 is 2.04 bits per heavy atom. The highest BCUT2D eigenvalue weighted by Gasteiger charge is 2.29. The molecule has 0 radical (unpaired) electrons. The van der Waals surface area contributed by atoms with Crippen LogP contribution in [0.2, 0.25) is 5.02 Å². The van der Waals surface area contributed by atoms with E-state index in [4.69, 9.17) is 22.1 Å². The molecule has 0 saturated heterocycles. The molecule has 3 aromatic rings. The number of benzene rings is 2. The van der Waals surface area contributed by atoms with Crippen LogP contribution in [-0.2, 0) is 6.42 Å². The number of nitrogens with one attached hydrogen (secondary N) is 1. The molecule has 3 N–H and O–H groups in total. The minimum atomic E-state index is 0.207. The Kier molecular flexibility index (Phi) is 4.42. The van der Waals surface area contributed by atoms with Gasteiger partial charge in [0.05, 0.1) is 6.04 Å². The number of nitrogens with zero attached hydrogens (tertiary/aromatic N) is 1. The number of hydrogen-bond acceptors (Lipinski definition) is 3. The fourth-order valence-electron chi connectivity index (χ4n) is 3.73. The Bertz CT molecular complexity index is 888. The SMILES string of the molecule is CN1CCc2c([nH]c3ccc(Cl)cc23)C1c1ccc(OCCN)cc1. The zero-order valence-corrected chi connectivity index (χ0v) is 15.0. The van der Waals surface area contributed by atoms with Gasteiger partial charge in [-0.15, -0.1) is 0 Å². The highest BCUT2D eigenvalue weighted by Crippen LogP contribution is 2.38. The average Bonchev–Trinajstić information content (AvgIpc) is 2.98. The molecule has 0 saturated carbocycles. The van der Waals surface area contributed by atoms with Crippen LogP contribution in [0.4, 0.5) is 0 Å². The third kappa shape index (κ3) is 3.01. The number of ether oxygens (including phenoxy) is 1. The van der Waals surface area contributed by atoms with Gasteiger partial charge in [0.25, 0.3) is 0 Å². The summed E-state index contributed by atoms with van der Waals surface area (Å²) < 4.78 is 5.59. The summed E-state index contributed by atoms with van der Waals surface area (Å²) in [4.78, 5) is 6.01. The summed E-state index contributed by atoms with van der Waals surface area (Å²) in [6, 6.07) is 14.6. The quantitative estimate of drug-likeness (QED) is 0.749. The first-order valence-electron chi connectivity index (χ1n) is 8.60. The number of rotatable bonds is 4. The number of likely N-dealkylation sites (N-methyl/N-ethyl adjacent to an activating group) is 1. The summed E-state index contributed by atoms with van der Waals surface area (Å²) in [6.45, 7) is 2.08. The first kappa shape index (κ1) is 16.5. The predicted octanol–water partition coefficient (Wildman–Crippen LogP) is 3.74. The summed E-state index contributed by atoms with van der Waals surface area (Å²) in [7, 11) is 2.17. The molecule has 2 aromatic carbocycles. The highest BCUT2D eigenvalue weighted by atomic mass is 35.5. The summed E-state index contributed by atoms with van der Waals surface area (Å²) >= 11 is 6.21. The van der Waals surface area contributed by atoms with E-state index in [0.717, 1.165) is 29.3 Å². The molecule has 0 aliphatic carbocycles. The topological polar surface area (TPSA) is 54.3 Å². The number of halogens is 1. The van der Waals surface area contributed by atoms with Crippen LogP contribution in [0, 0.1) is 0 Å². The molecule has 1 unspecified atom stereocenters. The van der Waals surface area contributed by atoms with E-state index in [-0.39, 0.29) is 6.04 Å². The lowest BCUT2D eigenvalue weighted by Gasteiger charge is -2.33. The van der Waals surface area contributed by atoms with Crippen molar-refractivity contribution in [2.75, 3.05) is 26.7 Å². The number of hydrogen-bond donors (Lipinski definition) is 2. The second-order valence-corrected chi connectivity index (χ2v) is 6.98. The third-order valence-electron chi connectivity index (χ3n) is 4.91. The van der Waals surface area contributed by atoms with Gasteiger partial charge in [-0.3, -0.25) is 4.90 Å². The summed E-state index contributed by atoms with van der Waals surface area (Å²) in [5.41, 5.74) is 10.5. The smallest absolute Gasteiger partial charge is 0.119 e. The fourth-order valence-corrected chi connectivity index (χ4v) is 3.90. The van der Waals surface area contributed by atoms with Crippen LogP contribution in [0.25, 0.3) is 10.9 Å². The molecule has 25 heavy (non-hydrogen) atoms. The minimum absolute atomic E-state index is 0.207. The summed E-state index contributed by atoms with van der Waals surface area (Å²) in [6.07, 6.45) is 1.03. The molecule has 4 nitrogen and oxygen atoms in total. The molecule has 1 aromatic heterocycles. The standard InChI is InChI=1S/C20H22ClN3O/c1-24-10-8-16-17-12-14(21)4-7-18(17)23-19(16)20(24)13-2-5-15(6-3-13)25-11-9-22/h2-7,12,20,23H,8-11,22H2,1H3. The molecular formula is C20H22ClN3O. The third-order valence-corrected chi connectivity index (χ3v) is 5.15. The molecule has 2 heterocycles. The van der Waals surface area contributed by atoms with Crippen molar-refractivity contribution in [3.8, 4) is 5.75 Å². The van der Waals surface area contributed by atoms with Crippen LogP contribution in [0.3, 0.4) is 0 Å². The van der Waals surface area contributed by atoms with Crippen molar-refractivity contribution in [1.82, 2.24) is 9.88 Å². The van der Waals surface area contributed by atoms with Crippen molar-refractivity contribution in [3.05, 3.63) is 64.3 Å². The van der Waals surface area contributed by atoms with E-state index in [9.17, 15) is 0 Å². The maximum Gasteiger partial charge on any atom is 0.119 e. The number of aromatic nitrogens is 1. The van der Waals surface area contributed by atoms with Crippen molar-refractivity contribution in [3.63, 3.8) is 0 Å². The molecule has 0 amide bonds. The van der Waals surface area contributed by atoms with E-state index in [1.807, 2.05) is 18.2 Å². The van der Waals surface area contributed by atoms with Crippen molar-refractivity contribution < 1.29 is 4.74 Å². The van der Waals surface area contributed by atoms with Crippen LogP contribution in [0.5, 0.6) is 5.75 Å². The van der Waals surface area contributed by atoms with Crippen LogP contribution < -0.4 is 10.5 Å². The Morgan fingerprint density at radius 1 is 1.24 bits per heavy atom. The van der Waals surface area contributed by atoms with Gasteiger partial charge in [-0.2, -0.15) is 0 Å². The molecular weight excluding hydrogens is 334 g/mol. The van der Waals surface area contributed by atoms with E-state index in [1.165, 1.54) is 22.2 Å². The van der Waals surface area contributed by atoms with Gasteiger partial charge in [-0.05, 0) is 54.9 Å². The van der Waals surface area contributed by atoms with E-state index < -0.39 is 0 Å². The van der Waals surface area contributed by atoms with Crippen LogP contribution >= 0.6 is 11.6 Å². The molecule has 5 heteroatoms. The second-order valence-electron chi connectivity index (χ2n) is 6.55.